The second-order valence-electron chi connectivity index (χ2n) is 2.57. The molecular weight excluding hydrogens is 187 g/mol. The average molecular weight is 192 g/mol. The van der Waals surface area contributed by atoms with Crippen LogP contribution in [0.3, 0.4) is 0 Å². The van der Waals surface area contributed by atoms with E-state index >= 15 is 0 Å². The highest BCUT2D eigenvalue weighted by Crippen LogP contribution is 2.34. The number of fused-ring (bicyclic) bond motifs is 1. The van der Waals surface area contributed by atoms with Gasteiger partial charge in [-0.05, 0) is 12.1 Å². The van der Waals surface area contributed by atoms with Gasteiger partial charge in [0.2, 0.25) is 0 Å². The molecule has 0 spiro atoms. The van der Waals surface area contributed by atoms with E-state index in [1.165, 1.54) is 17.4 Å². The van der Waals surface area contributed by atoms with E-state index in [4.69, 9.17) is 11.0 Å². The molecule has 0 aliphatic carbocycles. The van der Waals surface area contributed by atoms with Gasteiger partial charge in [-0.25, -0.2) is 4.39 Å². The van der Waals surface area contributed by atoms with Gasteiger partial charge in [0, 0.05) is 4.70 Å². The summed E-state index contributed by atoms with van der Waals surface area (Å²) in [6.07, 6.45) is 0. The number of nitrogens with two attached hydrogens (primary N) is 1. The SMILES string of the molecule is N#Cc1sc2cccc(F)c2c1N. The highest BCUT2D eigenvalue weighted by molar-refractivity contribution is 7.20. The molecule has 0 fully saturated rings. The third-order valence-electron chi connectivity index (χ3n) is 1.80. The van der Waals surface area contributed by atoms with E-state index in [1.54, 1.807) is 12.1 Å². The summed E-state index contributed by atoms with van der Waals surface area (Å²) in [7, 11) is 0. The first-order chi connectivity index (χ1) is 6.24. The molecule has 13 heavy (non-hydrogen) atoms. The quantitative estimate of drug-likeness (QED) is 0.697. The summed E-state index contributed by atoms with van der Waals surface area (Å²) < 4.78 is 13.9. The Morgan fingerprint density at radius 1 is 1.46 bits per heavy atom. The molecule has 0 radical (unpaired) electrons. The van der Waals surface area contributed by atoms with Crippen molar-refractivity contribution in [3.05, 3.63) is 28.9 Å². The molecule has 4 heteroatoms. The van der Waals surface area contributed by atoms with E-state index in [0.29, 0.717) is 15.0 Å². The minimum absolute atomic E-state index is 0.251. The number of hydrogen-bond donors (Lipinski definition) is 1. The molecule has 2 N–H and O–H groups in total. The van der Waals surface area contributed by atoms with Gasteiger partial charge in [0.05, 0.1) is 11.1 Å². The zero-order valence-electron chi connectivity index (χ0n) is 6.54. The Kier molecular flexibility index (Phi) is 1.67. The van der Waals surface area contributed by atoms with Crippen LogP contribution in [0.5, 0.6) is 0 Å². The van der Waals surface area contributed by atoms with E-state index in [0.717, 1.165) is 0 Å². The Bertz CT molecular complexity index is 510. The summed E-state index contributed by atoms with van der Waals surface area (Å²) in [4.78, 5) is 0.375. The molecular formula is C9H5FN2S. The van der Waals surface area contributed by atoms with Gasteiger partial charge in [-0.3, -0.25) is 0 Å². The van der Waals surface area contributed by atoms with Crippen molar-refractivity contribution in [3.8, 4) is 6.07 Å². The number of anilines is 1. The van der Waals surface area contributed by atoms with E-state index in [9.17, 15) is 4.39 Å². The lowest BCUT2D eigenvalue weighted by Crippen LogP contribution is -1.86. The smallest absolute Gasteiger partial charge is 0.134 e. The van der Waals surface area contributed by atoms with Crippen molar-refractivity contribution in [2.75, 3.05) is 5.73 Å². The molecule has 2 nitrogen and oxygen atoms in total. The molecule has 0 saturated heterocycles. The molecule has 0 amide bonds. The standard InChI is InChI=1S/C9H5FN2S/c10-5-2-1-3-6-8(5)9(12)7(4-11)13-6/h1-3H,12H2. The van der Waals surface area contributed by atoms with E-state index in [-0.39, 0.29) is 11.5 Å². The molecule has 2 aromatic rings. The van der Waals surface area contributed by atoms with Gasteiger partial charge >= 0.3 is 0 Å². The van der Waals surface area contributed by atoms with E-state index in [1.807, 2.05) is 6.07 Å². The number of thiophene rings is 1. The zero-order valence-corrected chi connectivity index (χ0v) is 7.36. The van der Waals surface area contributed by atoms with Gasteiger partial charge in [0.25, 0.3) is 0 Å². The van der Waals surface area contributed by atoms with Crippen molar-refractivity contribution in [3.63, 3.8) is 0 Å². The number of nitrogen functional groups attached to an aromatic ring is 1. The van der Waals surface area contributed by atoms with Crippen LogP contribution in [0.1, 0.15) is 4.88 Å². The molecule has 0 unspecified atom stereocenters. The summed E-state index contributed by atoms with van der Waals surface area (Å²) in [5.74, 6) is -0.368. The predicted octanol–water partition coefficient (Wildman–Crippen LogP) is 2.49. The lowest BCUT2D eigenvalue weighted by molar-refractivity contribution is 0.640. The Morgan fingerprint density at radius 3 is 2.85 bits per heavy atom. The number of rotatable bonds is 0. The fourth-order valence-corrected chi connectivity index (χ4v) is 2.15. The largest absolute Gasteiger partial charge is 0.396 e. The van der Waals surface area contributed by atoms with Crippen LogP contribution >= 0.6 is 11.3 Å². The second-order valence-corrected chi connectivity index (χ2v) is 3.62. The van der Waals surface area contributed by atoms with Crippen molar-refractivity contribution in [2.45, 2.75) is 0 Å². The summed E-state index contributed by atoms with van der Waals surface area (Å²) in [5, 5.41) is 9.03. The average Bonchev–Trinajstić information content (AvgIpc) is 2.44. The zero-order chi connectivity index (χ0) is 9.42. The van der Waals surface area contributed by atoms with E-state index < -0.39 is 0 Å². The van der Waals surface area contributed by atoms with Crippen LogP contribution in [0.15, 0.2) is 18.2 Å². The van der Waals surface area contributed by atoms with Gasteiger partial charge in [-0.1, -0.05) is 6.07 Å². The highest BCUT2D eigenvalue weighted by atomic mass is 32.1. The summed E-state index contributed by atoms with van der Waals surface area (Å²) in [5.41, 5.74) is 5.85. The normalized spacial score (nSPS) is 10.2. The first kappa shape index (κ1) is 8.02. The van der Waals surface area contributed by atoms with Crippen LogP contribution in [-0.2, 0) is 0 Å². The number of hydrogen-bond acceptors (Lipinski definition) is 3. The monoisotopic (exact) mass is 192 g/mol. The molecule has 1 heterocycles. The van der Waals surface area contributed by atoms with Crippen LogP contribution in [0, 0.1) is 17.1 Å². The molecule has 64 valence electrons. The summed E-state index contributed by atoms with van der Waals surface area (Å²) in [6.45, 7) is 0. The fourth-order valence-electron chi connectivity index (χ4n) is 1.21. The number of halogens is 1. The minimum Gasteiger partial charge on any atom is -0.396 e. The van der Waals surface area contributed by atoms with Gasteiger partial charge in [-0.15, -0.1) is 11.3 Å². The third-order valence-corrected chi connectivity index (χ3v) is 2.88. The van der Waals surface area contributed by atoms with Gasteiger partial charge in [0.15, 0.2) is 0 Å². The molecule has 0 saturated carbocycles. The van der Waals surface area contributed by atoms with Crippen molar-refractivity contribution >= 4 is 27.1 Å². The molecule has 0 atom stereocenters. The van der Waals surface area contributed by atoms with Gasteiger partial charge < -0.3 is 5.73 Å². The maximum atomic E-state index is 13.2. The molecule has 0 aliphatic heterocycles. The van der Waals surface area contributed by atoms with Crippen molar-refractivity contribution in [2.24, 2.45) is 0 Å². The van der Waals surface area contributed by atoms with Gasteiger partial charge in [0.1, 0.15) is 16.8 Å². The predicted molar refractivity (Wildman–Crippen MR) is 50.9 cm³/mol. The molecule has 2 rings (SSSR count). The van der Waals surface area contributed by atoms with Crippen molar-refractivity contribution in [1.82, 2.24) is 0 Å². The van der Waals surface area contributed by atoms with Crippen molar-refractivity contribution in [1.29, 1.82) is 5.26 Å². The topological polar surface area (TPSA) is 49.8 Å². The van der Waals surface area contributed by atoms with Gasteiger partial charge in [-0.2, -0.15) is 5.26 Å². The van der Waals surface area contributed by atoms with Crippen LogP contribution in [0.2, 0.25) is 0 Å². The van der Waals surface area contributed by atoms with E-state index in [2.05, 4.69) is 0 Å². The maximum absolute atomic E-state index is 13.2. The molecule has 0 aliphatic rings. The molecule has 0 bridgehead atoms. The van der Waals surface area contributed by atoms with Crippen LogP contribution in [-0.4, -0.2) is 0 Å². The molecule has 1 aromatic heterocycles. The lowest BCUT2D eigenvalue weighted by atomic mass is 10.2. The number of benzene rings is 1. The first-order valence-corrected chi connectivity index (χ1v) is 4.42. The first-order valence-electron chi connectivity index (χ1n) is 3.60. The maximum Gasteiger partial charge on any atom is 0.134 e. The Hall–Kier alpha value is -1.60. The summed E-state index contributed by atoms with van der Waals surface area (Å²) >= 11 is 1.21. The second kappa shape index (κ2) is 2.71. The van der Waals surface area contributed by atoms with Crippen molar-refractivity contribution < 1.29 is 4.39 Å². The number of nitriles is 1. The third kappa shape index (κ3) is 1.05. The van der Waals surface area contributed by atoms with Crippen LogP contribution < -0.4 is 5.73 Å². The fraction of sp³-hybridized carbons (Fsp3) is 0. The van der Waals surface area contributed by atoms with Crippen LogP contribution in [0.25, 0.3) is 10.1 Å². The minimum atomic E-state index is -0.368. The Morgan fingerprint density at radius 2 is 2.23 bits per heavy atom. The molecule has 1 aromatic carbocycles. The number of nitrogens with zero attached hydrogens (tertiary/aromatic N) is 1. The lowest BCUT2D eigenvalue weighted by Gasteiger charge is -1.92. The summed E-state index contributed by atoms with van der Waals surface area (Å²) in [6, 6.07) is 6.63. The Balaban J connectivity index is 2.95. The highest BCUT2D eigenvalue weighted by Gasteiger charge is 2.11. The van der Waals surface area contributed by atoms with Crippen LogP contribution in [0.4, 0.5) is 10.1 Å². The Labute approximate surface area is 78.0 Å².